The molecule has 0 atom stereocenters. The Morgan fingerprint density at radius 2 is 1.62 bits per heavy atom. The minimum atomic E-state index is 0.978. The van der Waals surface area contributed by atoms with Gasteiger partial charge in [-0.25, -0.2) is 0 Å². The predicted molar refractivity (Wildman–Crippen MR) is 69.6 cm³/mol. The van der Waals surface area contributed by atoms with Crippen molar-refractivity contribution in [3.05, 3.63) is 23.5 Å². The largest absolute Gasteiger partial charge is 0.349 e. The fraction of sp³-hybridized carbons (Fsp3) is 0.733. The molecule has 1 heterocycles. The number of aromatic nitrogens is 1. The zero-order valence-electron chi connectivity index (χ0n) is 11.0. The molecule has 0 aliphatic heterocycles. The molecule has 2 rings (SSSR count). The van der Waals surface area contributed by atoms with Gasteiger partial charge in [-0.15, -0.1) is 0 Å². The Morgan fingerprint density at radius 1 is 1.06 bits per heavy atom. The van der Waals surface area contributed by atoms with Crippen molar-refractivity contribution in [1.82, 2.24) is 4.57 Å². The van der Waals surface area contributed by atoms with Gasteiger partial charge in [-0.3, -0.25) is 0 Å². The molecule has 1 nitrogen and oxygen atoms in total. The minimum absolute atomic E-state index is 0.978. The van der Waals surface area contributed by atoms with E-state index in [-0.39, 0.29) is 0 Å². The van der Waals surface area contributed by atoms with E-state index in [0.717, 1.165) is 11.8 Å². The van der Waals surface area contributed by atoms with E-state index in [1.54, 1.807) is 0 Å². The smallest absolute Gasteiger partial charge is 0.0227 e. The van der Waals surface area contributed by atoms with Crippen LogP contribution in [0, 0.1) is 25.7 Å². The lowest BCUT2D eigenvalue weighted by Crippen LogP contribution is -2.15. The zero-order valence-corrected chi connectivity index (χ0v) is 11.0. The third-order valence-corrected chi connectivity index (χ3v) is 4.31. The van der Waals surface area contributed by atoms with Gasteiger partial charge in [-0.05, 0) is 44.2 Å². The van der Waals surface area contributed by atoms with Crippen LogP contribution in [0.1, 0.15) is 50.4 Å². The van der Waals surface area contributed by atoms with E-state index in [9.17, 15) is 0 Å². The summed E-state index contributed by atoms with van der Waals surface area (Å²) in [6.45, 7) is 8.06. The lowest BCUT2D eigenvalue weighted by Gasteiger charge is -2.26. The molecule has 0 N–H and O–H groups in total. The highest BCUT2D eigenvalue weighted by molar-refractivity contribution is 5.13. The Morgan fingerprint density at radius 3 is 2.19 bits per heavy atom. The average molecular weight is 219 g/mol. The third-order valence-electron chi connectivity index (χ3n) is 4.31. The number of hydrogen-bond donors (Lipinski definition) is 0. The van der Waals surface area contributed by atoms with Gasteiger partial charge in [0.25, 0.3) is 0 Å². The second-order valence-electron chi connectivity index (χ2n) is 5.68. The SMILES string of the molecule is Cc1ccc(C)n1CCC1CCC(C)CC1. The first-order valence-electron chi connectivity index (χ1n) is 6.79. The van der Waals surface area contributed by atoms with E-state index < -0.39 is 0 Å². The average Bonchev–Trinajstić information content (AvgIpc) is 2.59. The summed E-state index contributed by atoms with van der Waals surface area (Å²) in [6.07, 6.45) is 7.20. The molecule has 16 heavy (non-hydrogen) atoms. The molecule has 0 spiro atoms. The zero-order chi connectivity index (χ0) is 11.5. The van der Waals surface area contributed by atoms with Crippen molar-refractivity contribution in [2.45, 2.75) is 59.4 Å². The van der Waals surface area contributed by atoms with Crippen molar-refractivity contribution in [2.24, 2.45) is 11.8 Å². The topological polar surface area (TPSA) is 4.93 Å². The van der Waals surface area contributed by atoms with E-state index >= 15 is 0 Å². The van der Waals surface area contributed by atoms with Crippen molar-refractivity contribution >= 4 is 0 Å². The van der Waals surface area contributed by atoms with E-state index in [1.165, 1.54) is 50.0 Å². The maximum atomic E-state index is 2.47. The molecule has 90 valence electrons. The Hall–Kier alpha value is -0.720. The molecule has 1 aromatic rings. The van der Waals surface area contributed by atoms with Crippen LogP contribution < -0.4 is 0 Å². The van der Waals surface area contributed by atoms with E-state index in [4.69, 9.17) is 0 Å². The number of rotatable bonds is 3. The predicted octanol–water partition coefficient (Wildman–Crippen LogP) is 4.32. The molecule has 1 aliphatic carbocycles. The Kier molecular flexibility index (Phi) is 3.73. The molecule has 1 aromatic heterocycles. The van der Waals surface area contributed by atoms with E-state index in [0.29, 0.717) is 0 Å². The summed E-state index contributed by atoms with van der Waals surface area (Å²) in [6, 6.07) is 4.47. The summed E-state index contributed by atoms with van der Waals surface area (Å²) >= 11 is 0. The van der Waals surface area contributed by atoms with Crippen molar-refractivity contribution in [2.75, 3.05) is 0 Å². The van der Waals surface area contributed by atoms with Crippen LogP contribution in [0.4, 0.5) is 0 Å². The fourth-order valence-electron chi connectivity index (χ4n) is 2.98. The Labute approximate surface area is 99.9 Å². The summed E-state index contributed by atoms with van der Waals surface area (Å²) in [5, 5.41) is 0. The summed E-state index contributed by atoms with van der Waals surface area (Å²) in [5.41, 5.74) is 2.84. The molecule has 0 amide bonds. The quantitative estimate of drug-likeness (QED) is 0.713. The van der Waals surface area contributed by atoms with Crippen LogP contribution in [0.15, 0.2) is 12.1 Å². The Balaban J connectivity index is 1.83. The molecular weight excluding hydrogens is 194 g/mol. The first-order chi connectivity index (χ1) is 7.66. The maximum Gasteiger partial charge on any atom is 0.0227 e. The summed E-state index contributed by atoms with van der Waals surface area (Å²) in [5.74, 6) is 1.96. The number of hydrogen-bond acceptors (Lipinski definition) is 0. The molecule has 0 aromatic carbocycles. The summed E-state index contributed by atoms with van der Waals surface area (Å²) in [4.78, 5) is 0. The van der Waals surface area contributed by atoms with Gasteiger partial charge >= 0.3 is 0 Å². The van der Waals surface area contributed by atoms with Crippen LogP contribution in [0.5, 0.6) is 0 Å². The highest BCUT2D eigenvalue weighted by atomic mass is 15.0. The van der Waals surface area contributed by atoms with Gasteiger partial charge in [0.05, 0.1) is 0 Å². The molecule has 0 unspecified atom stereocenters. The molecular formula is C15H25N. The van der Waals surface area contributed by atoms with Crippen LogP contribution in [0.3, 0.4) is 0 Å². The van der Waals surface area contributed by atoms with Crippen molar-refractivity contribution in [1.29, 1.82) is 0 Å². The fourth-order valence-corrected chi connectivity index (χ4v) is 2.98. The van der Waals surface area contributed by atoms with Crippen molar-refractivity contribution < 1.29 is 0 Å². The second-order valence-corrected chi connectivity index (χ2v) is 5.68. The van der Waals surface area contributed by atoms with Gasteiger partial charge in [0.15, 0.2) is 0 Å². The van der Waals surface area contributed by atoms with Crippen LogP contribution in [-0.2, 0) is 6.54 Å². The van der Waals surface area contributed by atoms with E-state index in [2.05, 4.69) is 37.5 Å². The summed E-state index contributed by atoms with van der Waals surface area (Å²) in [7, 11) is 0. The lowest BCUT2D eigenvalue weighted by atomic mass is 9.81. The minimum Gasteiger partial charge on any atom is -0.349 e. The number of aryl methyl sites for hydroxylation is 2. The highest BCUT2D eigenvalue weighted by Gasteiger charge is 2.18. The molecule has 0 saturated heterocycles. The third kappa shape index (κ3) is 2.69. The van der Waals surface area contributed by atoms with Gasteiger partial charge in [0, 0.05) is 17.9 Å². The van der Waals surface area contributed by atoms with Gasteiger partial charge < -0.3 is 4.57 Å². The Bertz CT molecular complexity index is 310. The van der Waals surface area contributed by atoms with Crippen LogP contribution in [0.25, 0.3) is 0 Å². The van der Waals surface area contributed by atoms with Gasteiger partial charge in [0.2, 0.25) is 0 Å². The lowest BCUT2D eigenvalue weighted by molar-refractivity contribution is 0.268. The first kappa shape index (κ1) is 11.8. The summed E-state index contributed by atoms with van der Waals surface area (Å²) < 4.78 is 2.47. The van der Waals surface area contributed by atoms with Gasteiger partial charge in [0.1, 0.15) is 0 Å². The van der Waals surface area contributed by atoms with Gasteiger partial charge in [-0.2, -0.15) is 0 Å². The monoisotopic (exact) mass is 219 g/mol. The molecule has 1 fully saturated rings. The van der Waals surface area contributed by atoms with Crippen LogP contribution in [-0.4, -0.2) is 4.57 Å². The molecule has 0 radical (unpaired) electrons. The normalized spacial score (nSPS) is 25.9. The van der Waals surface area contributed by atoms with Gasteiger partial charge in [-0.1, -0.05) is 32.6 Å². The molecule has 1 saturated carbocycles. The second kappa shape index (κ2) is 5.07. The molecule has 0 bridgehead atoms. The van der Waals surface area contributed by atoms with Crippen molar-refractivity contribution in [3.8, 4) is 0 Å². The first-order valence-corrected chi connectivity index (χ1v) is 6.79. The molecule has 1 heteroatoms. The van der Waals surface area contributed by atoms with Crippen molar-refractivity contribution in [3.63, 3.8) is 0 Å². The number of nitrogens with zero attached hydrogens (tertiary/aromatic N) is 1. The maximum absolute atomic E-state index is 2.47. The van der Waals surface area contributed by atoms with Crippen LogP contribution >= 0.6 is 0 Å². The standard InChI is InChI=1S/C15H25N/c1-12-4-8-15(9-5-12)10-11-16-13(2)6-7-14(16)3/h6-7,12,15H,4-5,8-11H2,1-3H3. The highest BCUT2D eigenvalue weighted by Crippen LogP contribution is 2.30. The van der Waals surface area contributed by atoms with E-state index in [1.807, 2.05) is 0 Å². The molecule has 1 aliphatic rings. The van der Waals surface area contributed by atoms with Crippen LogP contribution in [0.2, 0.25) is 0 Å².